The second kappa shape index (κ2) is 3.69. The predicted octanol–water partition coefficient (Wildman–Crippen LogP) is -0.844. The van der Waals surface area contributed by atoms with Gasteiger partial charge in [0, 0.05) is 18.3 Å². The predicted molar refractivity (Wildman–Crippen MR) is 48.9 cm³/mol. The molecule has 0 saturated heterocycles. The van der Waals surface area contributed by atoms with Crippen LogP contribution in [-0.2, 0) is 16.8 Å². The summed E-state index contributed by atoms with van der Waals surface area (Å²) in [5.74, 6) is 0.174. The SMILES string of the molecule is NCc1cccnc1NS(N)(=O)=O. The molecule has 6 nitrogen and oxygen atoms in total. The minimum atomic E-state index is -3.78. The van der Waals surface area contributed by atoms with Gasteiger partial charge in [0.25, 0.3) is 10.2 Å². The highest BCUT2D eigenvalue weighted by Crippen LogP contribution is 2.10. The molecule has 0 amide bonds. The molecule has 1 rings (SSSR count). The number of rotatable bonds is 3. The number of anilines is 1. The summed E-state index contributed by atoms with van der Waals surface area (Å²) in [6.45, 7) is 0.200. The number of nitrogens with one attached hydrogen (secondary N) is 1. The van der Waals surface area contributed by atoms with Crippen LogP contribution >= 0.6 is 0 Å². The summed E-state index contributed by atoms with van der Waals surface area (Å²) in [7, 11) is -3.78. The average Bonchev–Trinajstić information content (AvgIpc) is 2.02. The molecular formula is C6H10N4O2S. The lowest BCUT2D eigenvalue weighted by Crippen LogP contribution is -2.23. The Hall–Kier alpha value is -1.18. The van der Waals surface area contributed by atoms with Crippen LogP contribution in [-0.4, -0.2) is 13.4 Å². The van der Waals surface area contributed by atoms with Crippen molar-refractivity contribution in [3.63, 3.8) is 0 Å². The van der Waals surface area contributed by atoms with E-state index in [0.29, 0.717) is 5.56 Å². The maximum atomic E-state index is 10.7. The molecule has 0 unspecified atom stereocenters. The van der Waals surface area contributed by atoms with Gasteiger partial charge in [-0.1, -0.05) is 6.07 Å². The molecule has 0 fully saturated rings. The monoisotopic (exact) mass is 202 g/mol. The van der Waals surface area contributed by atoms with Crippen molar-refractivity contribution in [2.24, 2.45) is 10.9 Å². The minimum absolute atomic E-state index is 0.174. The average molecular weight is 202 g/mol. The summed E-state index contributed by atoms with van der Waals surface area (Å²) in [5.41, 5.74) is 5.95. The molecule has 0 aliphatic carbocycles. The molecule has 1 heterocycles. The third-order valence-corrected chi connectivity index (χ3v) is 1.83. The Morgan fingerprint density at radius 3 is 2.77 bits per heavy atom. The van der Waals surface area contributed by atoms with Crippen molar-refractivity contribution in [1.82, 2.24) is 4.98 Å². The molecule has 0 radical (unpaired) electrons. The summed E-state index contributed by atoms with van der Waals surface area (Å²) >= 11 is 0. The fourth-order valence-corrected chi connectivity index (χ4v) is 1.28. The van der Waals surface area contributed by atoms with E-state index in [-0.39, 0.29) is 12.4 Å². The smallest absolute Gasteiger partial charge is 0.297 e. The van der Waals surface area contributed by atoms with Gasteiger partial charge in [-0.3, -0.25) is 4.72 Å². The first kappa shape index (κ1) is 9.90. The van der Waals surface area contributed by atoms with Crippen molar-refractivity contribution < 1.29 is 8.42 Å². The highest BCUT2D eigenvalue weighted by atomic mass is 32.2. The zero-order valence-electron chi connectivity index (χ0n) is 6.77. The van der Waals surface area contributed by atoms with Crippen LogP contribution in [0.15, 0.2) is 18.3 Å². The number of pyridine rings is 1. The van der Waals surface area contributed by atoms with Gasteiger partial charge >= 0.3 is 0 Å². The van der Waals surface area contributed by atoms with Gasteiger partial charge in [0.2, 0.25) is 0 Å². The molecule has 0 bridgehead atoms. The molecular weight excluding hydrogens is 192 g/mol. The fraction of sp³-hybridized carbons (Fsp3) is 0.167. The van der Waals surface area contributed by atoms with Gasteiger partial charge in [0.05, 0.1) is 0 Å². The molecule has 13 heavy (non-hydrogen) atoms. The molecule has 1 aromatic heterocycles. The van der Waals surface area contributed by atoms with Gasteiger partial charge in [0.15, 0.2) is 0 Å². The Kier molecular flexibility index (Phi) is 2.81. The van der Waals surface area contributed by atoms with Crippen molar-refractivity contribution in [3.8, 4) is 0 Å². The van der Waals surface area contributed by atoms with Gasteiger partial charge in [-0.25, -0.2) is 10.1 Å². The van der Waals surface area contributed by atoms with E-state index >= 15 is 0 Å². The molecule has 0 aliphatic heterocycles. The normalized spacial score (nSPS) is 11.2. The van der Waals surface area contributed by atoms with Gasteiger partial charge in [-0.2, -0.15) is 8.42 Å². The Morgan fingerprint density at radius 2 is 2.23 bits per heavy atom. The lowest BCUT2D eigenvalue weighted by atomic mass is 10.3. The topological polar surface area (TPSA) is 111 Å². The molecule has 0 spiro atoms. The van der Waals surface area contributed by atoms with Crippen LogP contribution in [0.5, 0.6) is 0 Å². The van der Waals surface area contributed by atoms with Crippen LogP contribution in [0.4, 0.5) is 5.82 Å². The molecule has 0 aliphatic rings. The summed E-state index contributed by atoms with van der Waals surface area (Å²) in [6.07, 6.45) is 1.45. The zero-order chi connectivity index (χ0) is 9.90. The lowest BCUT2D eigenvalue weighted by Gasteiger charge is -2.06. The van der Waals surface area contributed by atoms with E-state index in [1.54, 1.807) is 12.1 Å². The fourth-order valence-electron chi connectivity index (χ4n) is 0.830. The number of nitrogens with zero attached hydrogens (tertiary/aromatic N) is 1. The van der Waals surface area contributed by atoms with Gasteiger partial charge in [-0.05, 0) is 6.07 Å². The second-order valence-electron chi connectivity index (χ2n) is 2.36. The number of aromatic nitrogens is 1. The summed E-state index contributed by atoms with van der Waals surface area (Å²) in [4.78, 5) is 3.78. The van der Waals surface area contributed by atoms with Crippen molar-refractivity contribution in [1.29, 1.82) is 0 Å². The highest BCUT2D eigenvalue weighted by molar-refractivity contribution is 7.90. The van der Waals surface area contributed by atoms with Crippen molar-refractivity contribution in [2.45, 2.75) is 6.54 Å². The Labute approximate surface area is 76.1 Å². The second-order valence-corrected chi connectivity index (χ2v) is 3.66. The first-order valence-electron chi connectivity index (χ1n) is 3.47. The van der Waals surface area contributed by atoms with Gasteiger partial charge < -0.3 is 5.73 Å². The number of hydrogen-bond acceptors (Lipinski definition) is 4. The largest absolute Gasteiger partial charge is 0.326 e. The van der Waals surface area contributed by atoms with Crippen LogP contribution in [0.2, 0.25) is 0 Å². The van der Waals surface area contributed by atoms with E-state index in [1.807, 2.05) is 0 Å². The van der Waals surface area contributed by atoms with E-state index in [4.69, 9.17) is 10.9 Å². The lowest BCUT2D eigenvalue weighted by molar-refractivity contribution is 0.602. The standard InChI is InChI=1S/C6H10N4O2S/c7-4-5-2-1-3-9-6(5)10-13(8,11)12/h1-3H,4,7H2,(H,9,10)(H2,8,11,12). The first-order chi connectivity index (χ1) is 6.03. The van der Waals surface area contributed by atoms with Crippen LogP contribution in [0.1, 0.15) is 5.56 Å². The van der Waals surface area contributed by atoms with Crippen LogP contribution in [0.3, 0.4) is 0 Å². The number of hydrogen-bond donors (Lipinski definition) is 3. The van der Waals surface area contributed by atoms with Crippen molar-refractivity contribution >= 4 is 16.0 Å². The van der Waals surface area contributed by atoms with Crippen molar-refractivity contribution in [2.75, 3.05) is 4.72 Å². The Morgan fingerprint density at radius 1 is 1.54 bits per heavy atom. The molecule has 72 valence electrons. The third-order valence-electron chi connectivity index (χ3n) is 1.35. The molecule has 0 saturated carbocycles. The van der Waals surface area contributed by atoms with E-state index in [2.05, 4.69) is 9.71 Å². The van der Waals surface area contributed by atoms with Crippen molar-refractivity contribution in [3.05, 3.63) is 23.9 Å². The van der Waals surface area contributed by atoms with E-state index in [9.17, 15) is 8.42 Å². The highest BCUT2D eigenvalue weighted by Gasteiger charge is 2.06. The van der Waals surface area contributed by atoms with E-state index < -0.39 is 10.2 Å². The maximum absolute atomic E-state index is 10.7. The summed E-state index contributed by atoms with van der Waals surface area (Å²) < 4.78 is 23.4. The van der Waals surface area contributed by atoms with Crippen LogP contribution < -0.4 is 15.6 Å². The number of nitrogens with two attached hydrogens (primary N) is 2. The third kappa shape index (κ3) is 2.98. The van der Waals surface area contributed by atoms with Gasteiger partial charge in [-0.15, -0.1) is 0 Å². The van der Waals surface area contributed by atoms with Crippen LogP contribution in [0.25, 0.3) is 0 Å². The summed E-state index contributed by atoms with van der Waals surface area (Å²) in [6, 6.07) is 3.33. The molecule has 0 aromatic carbocycles. The minimum Gasteiger partial charge on any atom is -0.326 e. The quantitative estimate of drug-likeness (QED) is 0.593. The molecule has 1 aromatic rings. The molecule has 7 heteroatoms. The first-order valence-corrected chi connectivity index (χ1v) is 5.02. The van der Waals surface area contributed by atoms with E-state index in [1.165, 1.54) is 6.20 Å². The molecule has 0 atom stereocenters. The maximum Gasteiger partial charge on any atom is 0.297 e. The van der Waals surface area contributed by atoms with Crippen LogP contribution in [0, 0.1) is 0 Å². The van der Waals surface area contributed by atoms with Gasteiger partial charge in [0.1, 0.15) is 5.82 Å². The Balaban J connectivity index is 3.01. The zero-order valence-corrected chi connectivity index (χ0v) is 7.58. The summed E-state index contributed by atoms with van der Waals surface area (Å²) in [5, 5.41) is 4.77. The Bertz CT molecular complexity index is 389. The molecule has 5 N–H and O–H groups in total. The van der Waals surface area contributed by atoms with E-state index in [0.717, 1.165) is 0 Å².